The molecule has 0 aliphatic carbocycles. The highest BCUT2D eigenvalue weighted by molar-refractivity contribution is 6.39. The quantitative estimate of drug-likeness (QED) is 0.219. The molecule has 0 unspecified atom stereocenters. The number of nitrogens with one attached hydrogen (secondary N) is 3. The molecule has 0 saturated heterocycles. The van der Waals surface area contributed by atoms with Gasteiger partial charge in [-0.15, -0.1) is 0 Å². The fourth-order valence-electron chi connectivity index (χ4n) is 3.51. The Hall–Kier alpha value is -4.66. The number of methoxy groups -OCH3 is 1. The van der Waals surface area contributed by atoms with E-state index in [1.165, 1.54) is 7.11 Å². The van der Waals surface area contributed by atoms with Crippen LogP contribution in [0.2, 0.25) is 0 Å². The highest BCUT2D eigenvalue weighted by Gasteiger charge is 2.16. The predicted molar refractivity (Wildman–Crippen MR) is 135 cm³/mol. The van der Waals surface area contributed by atoms with Crippen LogP contribution in [0.1, 0.15) is 18.9 Å². The molecule has 0 fully saturated rings. The summed E-state index contributed by atoms with van der Waals surface area (Å²) >= 11 is 0. The first-order valence-corrected chi connectivity index (χ1v) is 10.8. The van der Waals surface area contributed by atoms with Gasteiger partial charge in [0.2, 0.25) is 5.91 Å². The summed E-state index contributed by atoms with van der Waals surface area (Å²) in [6.07, 6.45) is -0.110. The summed E-state index contributed by atoms with van der Waals surface area (Å²) in [5.41, 5.74) is 5.78. The summed E-state index contributed by atoms with van der Waals surface area (Å²) in [5, 5.41) is 10.9. The number of rotatable bonds is 6. The lowest BCUT2D eigenvalue weighted by Crippen LogP contribution is -2.33. The molecule has 178 valence electrons. The first-order valence-electron chi connectivity index (χ1n) is 10.8. The van der Waals surface area contributed by atoms with E-state index < -0.39 is 11.8 Å². The minimum absolute atomic E-state index is 0.110. The Morgan fingerprint density at radius 2 is 1.66 bits per heavy atom. The molecule has 9 heteroatoms. The Morgan fingerprint density at radius 1 is 0.914 bits per heavy atom. The second-order valence-electron chi connectivity index (χ2n) is 7.98. The number of carbonyl (C=O) groups excluding carboxylic acids is 3. The number of para-hydroxylation sites is 1. The maximum atomic E-state index is 12.6. The van der Waals surface area contributed by atoms with E-state index in [2.05, 4.69) is 21.2 Å². The van der Waals surface area contributed by atoms with Gasteiger partial charge >= 0.3 is 11.8 Å². The van der Waals surface area contributed by atoms with E-state index in [0.717, 1.165) is 21.9 Å². The van der Waals surface area contributed by atoms with Gasteiger partial charge in [0, 0.05) is 28.2 Å². The van der Waals surface area contributed by atoms with Gasteiger partial charge in [0.1, 0.15) is 16.9 Å². The van der Waals surface area contributed by atoms with Crippen molar-refractivity contribution in [1.82, 2.24) is 5.43 Å². The number of ether oxygens (including phenoxy) is 1. The highest BCUT2D eigenvalue weighted by Crippen LogP contribution is 2.36. The number of amides is 3. The normalized spacial score (nSPS) is 11.3. The molecule has 4 aromatic rings. The summed E-state index contributed by atoms with van der Waals surface area (Å²) in [6, 6.07) is 18.2. The van der Waals surface area contributed by atoms with Crippen molar-refractivity contribution in [3.63, 3.8) is 0 Å². The molecular weight excluding hydrogens is 448 g/mol. The lowest BCUT2D eigenvalue weighted by atomic mass is 10.1. The van der Waals surface area contributed by atoms with Gasteiger partial charge in [0.05, 0.1) is 19.2 Å². The van der Waals surface area contributed by atoms with Gasteiger partial charge in [-0.25, -0.2) is 5.43 Å². The van der Waals surface area contributed by atoms with E-state index in [1.54, 1.807) is 25.1 Å². The van der Waals surface area contributed by atoms with E-state index in [4.69, 9.17) is 9.15 Å². The van der Waals surface area contributed by atoms with Crippen LogP contribution in [-0.2, 0) is 14.4 Å². The molecular formula is C26H24N4O5. The molecule has 3 N–H and O–H groups in total. The zero-order valence-electron chi connectivity index (χ0n) is 19.5. The maximum Gasteiger partial charge on any atom is 0.329 e. The van der Waals surface area contributed by atoms with Gasteiger partial charge in [-0.3, -0.25) is 14.4 Å². The van der Waals surface area contributed by atoms with Crippen LogP contribution in [0.3, 0.4) is 0 Å². The number of nitrogens with zero attached hydrogens (tertiary/aromatic N) is 1. The van der Waals surface area contributed by atoms with E-state index in [9.17, 15) is 14.4 Å². The molecule has 4 rings (SSSR count). The minimum Gasteiger partial charge on any atom is -0.495 e. The van der Waals surface area contributed by atoms with Crippen molar-refractivity contribution in [2.45, 2.75) is 20.3 Å². The summed E-state index contributed by atoms with van der Waals surface area (Å²) in [6.45, 7) is 3.48. The number of hydrogen-bond acceptors (Lipinski definition) is 6. The lowest BCUT2D eigenvalue weighted by Gasteiger charge is -2.10. The number of aryl methyl sites for hydroxylation is 1. The Morgan fingerprint density at radius 3 is 2.40 bits per heavy atom. The molecule has 1 aromatic heterocycles. The third-order valence-electron chi connectivity index (χ3n) is 5.25. The van der Waals surface area contributed by atoms with E-state index in [-0.39, 0.29) is 12.3 Å². The van der Waals surface area contributed by atoms with E-state index in [1.807, 2.05) is 49.4 Å². The molecule has 0 saturated carbocycles. The van der Waals surface area contributed by atoms with Gasteiger partial charge in [-0.2, -0.15) is 5.10 Å². The van der Waals surface area contributed by atoms with Gasteiger partial charge in [0.15, 0.2) is 0 Å². The van der Waals surface area contributed by atoms with Crippen LogP contribution < -0.4 is 20.8 Å². The minimum atomic E-state index is -0.942. The number of hydrogen-bond donors (Lipinski definition) is 3. The Labute approximate surface area is 201 Å². The van der Waals surface area contributed by atoms with Crippen molar-refractivity contribution in [1.29, 1.82) is 0 Å². The largest absolute Gasteiger partial charge is 0.495 e. The van der Waals surface area contributed by atoms with Crippen molar-refractivity contribution >= 4 is 56.7 Å². The van der Waals surface area contributed by atoms with Crippen LogP contribution in [0, 0.1) is 6.92 Å². The zero-order chi connectivity index (χ0) is 24.9. The van der Waals surface area contributed by atoms with Gasteiger partial charge in [0.25, 0.3) is 0 Å². The Kier molecular flexibility index (Phi) is 6.77. The van der Waals surface area contributed by atoms with Crippen molar-refractivity contribution in [2.75, 3.05) is 17.7 Å². The predicted octanol–water partition coefficient (Wildman–Crippen LogP) is 4.36. The van der Waals surface area contributed by atoms with Gasteiger partial charge < -0.3 is 19.8 Å². The lowest BCUT2D eigenvalue weighted by molar-refractivity contribution is -0.136. The Balaban J connectivity index is 1.38. The van der Waals surface area contributed by atoms with Crippen LogP contribution in [0.4, 0.5) is 11.4 Å². The molecule has 9 nitrogen and oxygen atoms in total. The third kappa shape index (κ3) is 5.47. The molecule has 1 heterocycles. The molecule has 3 amide bonds. The van der Waals surface area contributed by atoms with Crippen molar-refractivity contribution in [3.05, 3.63) is 66.2 Å². The summed E-state index contributed by atoms with van der Waals surface area (Å²) in [7, 11) is 1.52. The fraction of sp³-hybridized carbons (Fsp3) is 0.154. The smallest absolute Gasteiger partial charge is 0.329 e. The van der Waals surface area contributed by atoms with Crippen molar-refractivity contribution in [3.8, 4) is 5.75 Å². The monoisotopic (exact) mass is 472 g/mol. The molecule has 0 aliphatic heterocycles. The molecule has 35 heavy (non-hydrogen) atoms. The van der Waals surface area contributed by atoms with Crippen LogP contribution in [0.15, 0.2) is 70.2 Å². The number of carbonyl (C=O) groups is 3. The van der Waals surface area contributed by atoms with E-state index in [0.29, 0.717) is 28.4 Å². The molecule has 0 aliphatic rings. The number of benzene rings is 3. The number of hydrazone groups is 1. The average molecular weight is 473 g/mol. The third-order valence-corrected chi connectivity index (χ3v) is 5.25. The number of anilines is 2. The molecule has 0 bridgehead atoms. The van der Waals surface area contributed by atoms with Crippen molar-refractivity contribution in [2.24, 2.45) is 5.10 Å². The standard InChI is InChI=1S/C26H24N4O5/c1-15-8-10-17(11-9-15)27-25(32)26(33)30-29-16(2)12-24(31)28-20-14-22-19(13-23(20)34-3)18-6-4-5-7-21(18)35-22/h4-11,13-14H,12H2,1-3H3,(H,27,32)(H,28,31)(H,30,33). The molecule has 0 atom stereocenters. The number of furan rings is 1. The second-order valence-corrected chi connectivity index (χ2v) is 7.98. The molecule has 0 spiro atoms. The van der Waals surface area contributed by atoms with Crippen LogP contribution in [0.25, 0.3) is 21.9 Å². The maximum absolute atomic E-state index is 12.6. The van der Waals surface area contributed by atoms with Gasteiger partial charge in [-0.05, 0) is 38.1 Å². The highest BCUT2D eigenvalue weighted by atomic mass is 16.5. The summed E-state index contributed by atoms with van der Waals surface area (Å²) in [5.74, 6) is -1.70. The van der Waals surface area contributed by atoms with E-state index >= 15 is 0 Å². The van der Waals surface area contributed by atoms with Crippen LogP contribution in [-0.4, -0.2) is 30.5 Å². The average Bonchev–Trinajstić information content (AvgIpc) is 3.20. The topological polar surface area (TPSA) is 122 Å². The zero-order valence-corrected chi connectivity index (χ0v) is 19.5. The SMILES string of the molecule is COc1cc2c(cc1NC(=O)CC(C)=NNC(=O)C(=O)Nc1ccc(C)cc1)oc1ccccc12. The first-order chi connectivity index (χ1) is 16.8. The van der Waals surface area contributed by atoms with Crippen LogP contribution >= 0.6 is 0 Å². The molecule has 0 radical (unpaired) electrons. The second kappa shape index (κ2) is 10.1. The fourth-order valence-corrected chi connectivity index (χ4v) is 3.51. The first kappa shape index (κ1) is 23.5. The Bertz CT molecular complexity index is 1450. The molecule has 3 aromatic carbocycles. The summed E-state index contributed by atoms with van der Waals surface area (Å²) < 4.78 is 11.3. The number of fused-ring (bicyclic) bond motifs is 3. The van der Waals surface area contributed by atoms with Crippen LogP contribution in [0.5, 0.6) is 5.75 Å². The van der Waals surface area contributed by atoms with Crippen molar-refractivity contribution < 1.29 is 23.5 Å². The van der Waals surface area contributed by atoms with Gasteiger partial charge in [-0.1, -0.05) is 35.9 Å². The summed E-state index contributed by atoms with van der Waals surface area (Å²) in [4.78, 5) is 36.6.